The smallest absolute Gasteiger partial charge is 0.264 e. The lowest BCUT2D eigenvalue weighted by Crippen LogP contribution is -2.49. The lowest BCUT2D eigenvalue weighted by molar-refractivity contribution is 0.185. The Balaban J connectivity index is 1.43. The summed E-state index contributed by atoms with van der Waals surface area (Å²) in [6.07, 6.45) is 6.30. The van der Waals surface area contributed by atoms with Gasteiger partial charge in [0.15, 0.2) is 0 Å². The molecule has 3 aliphatic rings. The summed E-state index contributed by atoms with van der Waals surface area (Å²) in [7, 11) is 3.64. The van der Waals surface area contributed by atoms with Gasteiger partial charge in [-0.3, -0.25) is 14.4 Å². The van der Waals surface area contributed by atoms with Crippen LogP contribution in [0.15, 0.2) is 28.1 Å². The van der Waals surface area contributed by atoms with Crippen molar-refractivity contribution in [2.24, 2.45) is 29.1 Å². The van der Waals surface area contributed by atoms with Gasteiger partial charge in [-0.15, -0.1) is 0 Å². The van der Waals surface area contributed by atoms with Crippen molar-refractivity contribution in [3.8, 4) is 0 Å². The first-order valence-electron chi connectivity index (χ1n) is 11.2. The molecule has 0 amide bonds. The molecule has 2 aromatic rings. The van der Waals surface area contributed by atoms with Crippen LogP contribution in [0.2, 0.25) is 0 Å². The second-order valence-corrected chi connectivity index (χ2v) is 9.33. The number of aliphatic imine (C=N–C) groups is 1. The van der Waals surface area contributed by atoms with Crippen LogP contribution in [-0.4, -0.2) is 46.4 Å². The molecule has 0 aromatic carbocycles. The summed E-state index contributed by atoms with van der Waals surface area (Å²) in [6, 6.07) is 4.08. The van der Waals surface area contributed by atoms with Gasteiger partial charge in [-0.1, -0.05) is 6.92 Å². The van der Waals surface area contributed by atoms with E-state index in [9.17, 15) is 4.79 Å². The van der Waals surface area contributed by atoms with E-state index in [-0.39, 0.29) is 17.0 Å². The summed E-state index contributed by atoms with van der Waals surface area (Å²) in [5.74, 6) is 2.10. The summed E-state index contributed by atoms with van der Waals surface area (Å²) in [5, 5.41) is 3.04. The van der Waals surface area contributed by atoms with E-state index in [0.29, 0.717) is 23.7 Å². The van der Waals surface area contributed by atoms with Gasteiger partial charge in [0.05, 0.1) is 23.5 Å². The largest absolute Gasteiger partial charge is 0.373 e. The molecule has 31 heavy (non-hydrogen) atoms. The molecule has 8 heteroatoms. The summed E-state index contributed by atoms with van der Waals surface area (Å²) in [5.41, 5.74) is 9.77. The molecule has 1 spiro atoms. The molecule has 3 N–H and O–H groups in total. The molecular formula is C23H31N7O. The predicted molar refractivity (Wildman–Crippen MR) is 123 cm³/mol. The second kappa shape index (κ2) is 7.44. The van der Waals surface area contributed by atoms with Gasteiger partial charge in [0.2, 0.25) is 5.95 Å². The number of rotatable bonds is 3. The predicted octanol–water partition coefficient (Wildman–Crippen LogP) is 1.91. The van der Waals surface area contributed by atoms with Crippen molar-refractivity contribution >= 4 is 17.5 Å². The zero-order valence-electron chi connectivity index (χ0n) is 18.6. The lowest BCUT2D eigenvalue weighted by Gasteiger charge is -2.43. The molecule has 2 fully saturated rings. The van der Waals surface area contributed by atoms with Crippen molar-refractivity contribution < 1.29 is 0 Å². The van der Waals surface area contributed by atoms with E-state index in [1.54, 1.807) is 10.8 Å². The molecule has 4 heterocycles. The number of hydrogen-bond donors (Lipinski definition) is 2. The normalized spacial score (nSPS) is 24.4. The minimum Gasteiger partial charge on any atom is -0.373 e. The van der Waals surface area contributed by atoms with E-state index in [1.807, 2.05) is 26.2 Å². The van der Waals surface area contributed by atoms with E-state index in [2.05, 4.69) is 27.1 Å². The number of aromatic nitrogens is 3. The minimum absolute atomic E-state index is 0.0365. The number of anilines is 2. The number of nitrogens with one attached hydrogen (secondary N) is 1. The average molecular weight is 422 g/mol. The third-order valence-corrected chi connectivity index (χ3v) is 7.72. The van der Waals surface area contributed by atoms with Crippen LogP contribution < -0.4 is 21.5 Å². The van der Waals surface area contributed by atoms with Crippen LogP contribution in [0.3, 0.4) is 0 Å². The van der Waals surface area contributed by atoms with E-state index in [1.165, 1.54) is 12.8 Å². The van der Waals surface area contributed by atoms with Gasteiger partial charge in [-0.25, -0.2) is 9.97 Å². The highest BCUT2D eigenvalue weighted by atomic mass is 16.1. The van der Waals surface area contributed by atoms with E-state index >= 15 is 0 Å². The van der Waals surface area contributed by atoms with Gasteiger partial charge in [0, 0.05) is 45.0 Å². The number of nitrogens with two attached hydrogens (primary N) is 1. The van der Waals surface area contributed by atoms with Crippen molar-refractivity contribution in [3.63, 3.8) is 0 Å². The second-order valence-electron chi connectivity index (χ2n) is 9.33. The molecule has 2 aromatic heterocycles. The monoisotopic (exact) mass is 421 g/mol. The number of fused-ring (bicyclic) bond motifs is 1. The molecular weight excluding hydrogens is 390 g/mol. The van der Waals surface area contributed by atoms with E-state index in [0.717, 1.165) is 49.0 Å². The first-order chi connectivity index (χ1) is 14.9. The topological polar surface area (TPSA) is 101 Å². The van der Waals surface area contributed by atoms with Crippen LogP contribution in [-0.2, 0) is 13.6 Å². The maximum Gasteiger partial charge on any atom is 0.264 e. The Morgan fingerprint density at radius 1 is 1.26 bits per heavy atom. The summed E-state index contributed by atoms with van der Waals surface area (Å²) < 4.78 is 1.69. The number of piperidine rings is 1. The highest BCUT2D eigenvalue weighted by molar-refractivity contribution is 6.15. The number of pyridine rings is 1. The van der Waals surface area contributed by atoms with Crippen molar-refractivity contribution in [3.05, 3.63) is 45.5 Å². The van der Waals surface area contributed by atoms with Gasteiger partial charge >= 0.3 is 0 Å². The Hall–Kier alpha value is -2.74. The molecule has 8 nitrogen and oxygen atoms in total. The van der Waals surface area contributed by atoms with Gasteiger partial charge in [0.1, 0.15) is 5.82 Å². The van der Waals surface area contributed by atoms with Gasteiger partial charge in [-0.2, -0.15) is 0 Å². The van der Waals surface area contributed by atoms with E-state index in [4.69, 9.17) is 10.7 Å². The van der Waals surface area contributed by atoms with Crippen LogP contribution in [0.1, 0.15) is 49.4 Å². The molecule has 2 atom stereocenters. The third kappa shape index (κ3) is 3.15. The van der Waals surface area contributed by atoms with Crippen molar-refractivity contribution in [2.45, 2.75) is 45.2 Å². The highest BCUT2D eigenvalue weighted by Gasteiger charge is 2.46. The molecule has 1 saturated heterocycles. The summed E-state index contributed by atoms with van der Waals surface area (Å²) >= 11 is 0. The Morgan fingerprint density at radius 2 is 2.03 bits per heavy atom. The number of hydrogen-bond acceptors (Lipinski definition) is 7. The lowest BCUT2D eigenvalue weighted by atomic mass is 9.73. The van der Waals surface area contributed by atoms with Gasteiger partial charge in [0.25, 0.3) is 5.56 Å². The van der Waals surface area contributed by atoms with Crippen LogP contribution in [0.25, 0.3) is 0 Å². The molecule has 0 unspecified atom stereocenters. The molecule has 5 rings (SSSR count). The fraction of sp³-hybridized carbons (Fsp3) is 0.565. The first-order valence-corrected chi connectivity index (χ1v) is 11.2. The van der Waals surface area contributed by atoms with Crippen molar-refractivity contribution in [1.29, 1.82) is 0 Å². The standard InChI is InChI=1S/C23H31N7O/c1-14-4-6-23(20(14)24)7-10-30(11-8-23)22-28-16-13-27-19(18(16)21(31)29(22)3)15-5-9-26-17(12-15)25-2/h5,9,12,14,20H,4,6-8,10-11,13,24H2,1-3H3,(H,25,26)/t14-,20-/m1/s1. The molecule has 1 saturated carbocycles. The van der Waals surface area contributed by atoms with Crippen molar-refractivity contribution in [2.75, 3.05) is 30.4 Å². The van der Waals surface area contributed by atoms with Gasteiger partial charge < -0.3 is 16.0 Å². The van der Waals surface area contributed by atoms with Crippen LogP contribution >= 0.6 is 0 Å². The third-order valence-electron chi connectivity index (χ3n) is 7.72. The summed E-state index contributed by atoms with van der Waals surface area (Å²) in [6.45, 7) is 4.49. The van der Waals surface area contributed by atoms with Crippen LogP contribution in [0, 0.1) is 11.3 Å². The highest BCUT2D eigenvalue weighted by Crippen LogP contribution is 2.48. The Labute approximate surface area is 182 Å². The van der Waals surface area contributed by atoms with Gasteiger partial charge in [-0.05, 0) is 49.1 Å². The van der Waals surface area contributed by atoms with Crippen molar-refractivity contribution in [1.82, 2.24) is 14.5 Å². The zero-order chi connectivity index (χ0) is 21.8. The first kappa shape index (κ1) is 20.2. The average Bonchev–Trinajstić information content (AvgIpc) is 3.34. The molecule has 0 bridgehead atoms. The SMILES string of the molecule is CNc1cc(C2=NCc3nc(N4CCC5(CC[C@@H](C)[C@H]5N)CC4)n(C)c(=O)c32)ccn1. The molecule has 164 valence electrons. The number of nitrogens with zero attached hydrogens (tertiary/aromatic N) is 5. The Kier molecular flexibility index (Phi) is 4.84. The molecule has 2 aliphatic heterocycles. The fourth-order valence-electron chi connectivity index (χ4n) is 5.65. The van der Waals surface area contributed by atoms with E-state index < -0.39 is 0 Å². The Morgan fingerprint density at radius 3 is 2.71 bits per heavy atom. The molecule has 1 aliphatic carbocycles. The maximum absolute atomic E-state index is 13.4. The zero-order valence-corrected chi connectivity index (χ0v) is 18.6. The summed E-state index contributed by atoms with van der Waals surface area (Å²) in [4.78, 5) is 29.5. The minimum atomic E-state index is -0.0365. The maximum atomic E-state index is 13.4. The quantitative estimate of drug-likeness (QED) is 0.785. The Bertz CT molecular complexity index is 1100. The van der Waals surface area contributed by atoms with Crippen LogP contribution in [0.5, 0.6) is 0 Å². The molecule has 0 radical (unpaired) electrons. The fourth-order valence-corrected chi connectivity index (χ4v) is 5.65. The van der Waals surface area contributed by atoms with Crippen LogP contribution in [0.4, 0.5) is 11.8 Å².